The molecule has 0 saturated carbocycles. The van der Waals surface area contributed by atoms with Crippen molar-refractivity contribution in [2.75, 3.05) is 20.2 Å². The van der Waals surface area contributed by atoms with E-state index in [1.807, 2.05) is 24.3 Å². The lowest BCUT2D eigenvalue weighted by molar-refractivity contribution is -0.120. The first kappa shape index (κ1) is 14.3. The fraction of sp³-hybridized carbons (Fsp3) is 0.357. The molecule has 0 aliphatic rings. The lowest BCUT2D eigenvalue weighted by Crippen LogP contribution is -2.27. The van der Waals surface area contributed by atoms with Crippen LogP contribution in [0.5, 0.6) is 5.75 Å². The van der Waals surface area contributed by atoms with E-state index in [1.54, 1.807) is 13.2 Å². The lowest BCUT2D eigenvalue weighted by atomic mass is 10.2. The molecule has 0 bridgehead atoms. The van der Waals surface area contributed by atoms with E-state index in [9.17, 15) is 4.79 Å². The molecule has 0 aliphatic heterocycles. The first-order valence-corrected chi connectivity index (χ1v) is 5.98. The summed E-state index contributed by atoms with van der Waals surface area (Å²) in [5.74, 6) is 0.892. The van der Waals surface area contributed by atoms with Gasteiger partial charge in [0.05, 0.1) is 7.11 Å². The molecule has 4 heteroatoms. The molecular formula is C14H20N2O2. The number of benzene rings is 1. The van der Waals surface area contributed by atoms with Crippen LogP contribution in [0.4, 0.5) is 0 Å². The average Bonchev–Trinajstić information content (AvgIpc) is 2.41. The normalized spacial score (nSPS) is 9.83. The SMILES string of the molecule is C=CCNC(=O)CCNCc1ccccc1OC. The second-order valence-electron chi connectivity index (χ2n) is 3.83. The zero-order valence-electron chi connectivity index (χ0n) is 10.7. The van der Waals surface area contributed by atoms with E-state index >= 15 is 0 Å². The molecule has 0 aliphatic carbocycles. The van der Waals surface area contributed by atoms with Crippen molar-refractivity contribution >= 4 is 5.91 Å². The highest BCUT2D eigenvalue weighted by molar-refractivity contribution is 5.76. The van der Waals surface area contributed by atoms with Gasteiger partial charge in [-0.15, -0.1) is 6.58 Å². The zero-order chi connectivity index (χ0) is 13.2. The Hall–Kier alpha value is -1.81. The molecule has 1 aromatic carbocycles. The fourth-order valence-electron chi connectivity index (χ4n) is 1.55. The van der Waals surface area contributed by atoms with Crippen molar-refractivity contribution in [2.24, 2.45) is 0 Å². The molecule has 0 radical (unpaired) electrons. The number of ether oxygens (including phenoxy) is 1. The van der Waals surface area contributed by atoms with E-state index in [0.717, 1.165) is 11.3 Å². The molecule has 0 unspecified atom stereocenters. The third kappa shape index (κ3) is 5.01. The number of hydrogen-bond donors (Lipinski definition) is 2. The molecule has 1 amide bonds. The summed E-state index contributed by atoms with van der Waals surface area (Å²) in [6, 6.07) is 7.83. The zero-order valence-corrected chi connectivity index (χ0v) is 10.7. The van der Waals surface area contributed by atoms with Crippen LogP contribution >= 0.6 is 0 Å². The maximum atomic E-state index is 11.3. The summed E-state index contributed by atoms with van der Waals surface area (Å²) >= 11 is 0. The van der Waals surface area contributed by atoms with E-state index in [2.05, 4.69) is 17.2 Å². The second-order valence-corrected chi connectivity index (χ2v) is 3.83. The van der Waals surface area contributed by atoms with Gasteiger partial charge in [0.25, 0.3) is 0 Å². The maximum Gasteiger partial charge on any atom is 0.221 e. The van der Waals surface area contributed by atoms with Crippen LogP contribution in [0, 0.1) is 0 Å². The average molecular weight is 248 g/mol. The molecule has 4 nitrogen and oxygen atoms in total. The molecule has 18 heavy (non-hydrogen) atoms. The van der Waals surface area contributed by atoms with Gasteiger partial charge in [0.1, 0.15) is 5.75 Å². The van der Waals surface area contributed by atoms with E-state index in [1.165, 1.54) is 0 Å². The summed E-state index contributed by atoms with van der Waals surface area (Å²) in [4.78, 5) is 11.3. The van der Waals surface area contributed by atoms with Crippen LogP contribution in [0.2, 0.25) is 0 Å². The van der Waals surface area contributed by atoms with E-state index in [0.29, 0.717) is 26.1 Å². The summed E-state index contributed by atoms with van der Waals surface area (Å²) in [6.07, 6.45) is 2.13. The Bertz CT molecular complexity index is 391. The van der Waals surface area contributed by atoms with Gasteiger partial charge in [0.2, 0.25) is 5.91 Å². The fourth-order valence-corrected chi connectivity index (χ4v) is 1.55. The molecule has 1 rings (SSSR count). The summed E-state index contributed by atoms with van der Waals surface area (Å²) in [5.41, 5.74) is 1.09. The van der Waals surface area contributed by atoms with Crippen LogP contribution in [0.1, 0.15) is 12.0 Å². The van der Waals surface area contributed by atoms with E-state index < -0.39 is 0 Å². The van der Waals surface area contributed by atoms with Crippen LogP contribution in [0.25, 0.3) is 0 Å². The van der Waals surface area contributed by atoms with Gasteiger partial charge < -0.3 is 15.4 Å². The highest BCUT2D eigenvalue weighted by atomic mass is 16.5. The molecule has 0 fully saturated rings. The van der Waals surface area contributed by atoms with Crippen molar-refractivity contribution in [1.29, 1.82) is 0 Å². The Labute approximate surface area is 108 Å². The first-order valence-electron chi connectivity index (χ1n) is 5.98. The summed E-state index contributed by atoms with van der Waals surface area (Å²) in [5, 5.41) is 5.95. The van der Waals surface area contributed by atoms with Crippen LogP contribution in [0.3, 0.4) is 0 Å². The van der Waals surface area contributed by atoms with Crippen molar-refractivity contribution < 1.29 is 9.53 Å². The lowest BCUT2D eigenvalue weighted by Gasteiger charge is -2.09. The Kier molecular flexibility index (Phi) is 6.58. The number of amides is 1. The third-order valence-corrected chi connectivity index (χ3v) is 2.48. The Morgan fingerprint density at radius 2 is 2.22 bits per heavy atom. The van der Waals surface area contributed by atoms with Gasteiger partial charge in [-0.2, -0.15) is 0 Å². The van der Waals surface area contributed by atoms with Gasteiger partial charge in [0, 0.05) is 31.6 Å². The number of nitrogens with one attached hydrogen (secondary N) is 2. The first-order chi connectivity index (χ1) is 8.77. The molecule has 0 heterocycles. The molecule has 1 aromatic rings. The number of rotatable bonds is 8. The molecule has 2 N–H and O–H groups in total. The van der Waals surface area contributed by atoms with Crippen molar-refractivity contribution in [1.82, 2.24) is 10.6 Å². The topological polar surface area (TPSA) is 50.4 Å². The highest BCUT2D eigenvalue weighted by Gasteiger charge is 2.02. The Balaban J connectivity index is 2.25. The predicted octanol–water partition coefficient (Wildman–Crippen LogP) is 1.48. The van der Waals surface area contributed by atoms with E-state index in [-0.39, 0.29) is 5.91 Å². The number of para-hydroxylation sites is 1. The van der Waals surface area contributed by atoms with Crippen LogP contribution in [0.15, 0.2) is 36.9 Å². The Morgan fingerprint density at radius 3 is 2.94 bits per heavy atom. The van der Waals surface area contributed by atoms with Crippen LogP contribution in [-0.4, -0.2) is 26.1 Å². The van der Waals surface area contributed by atoms with Gasteiger partial charge >= 0.3 is 0 Å². The summed E-state index contributed by atoms with van der Waals surface area (Å²) < 4.78 is 5.25. The minimum Gasteiger partial charge on any atom is -0.496 e. The van der Waals surface area contributed by atoms with Gasteiger partial charge in [-0.05, 0) is 6.07 Å². The van der Waals surface area contributed by atoms with Gasteiger partial charge in [-0.25, -0.2) is 0 Å². The van der Waals surface area contributed by atoms with Gasteiger partial charge in [0.15, 0.2) is 0 Å². The van der Waals surface area contributed by atoms with Gasteiger partial charge in [-0.1, -0.05) is 24.3 Å². The molecule has 0 spiro atoms. The van der Waals surface area contributed by atoms with Crippen LogP contribution < -0.4 is 15.4 Å². The molecule has 98 valence electrons. The molecule has 0 atom stereocenters. The standard InChI is InChI=1S/C14H20N2O2/c1-3-9-16-14(17)8-10-15-11-12-6-4-5-7-13(12)18-2/h3-7,15H,1,8-11H2,2H3,(H,16,17). The van der Waals surface area contributed by atoms with E-state index in [4.69, 9.17) is 4.74 Å². The molecule has 0 aromatic heterocycles. The monoisotopic (exact) mass is 248 g/mol. The van der Waals surface area contributed by atoms with Crippen molar-refractivity contribution in [3.63, 3.8) is 0 Å². The minimum atomic E-state index is 0.0300. The maximum absolute atomic E-state index is 11.3. The van der Waals surface area contributed by atoms with Crippen molar-refractivity contribution in [3.05, 3.63) is 42.5 Å². The van der Waals surface area contributed by atoms with Crippen molar-refractivity contribution in [2.45, 2.75) is 13.0 Å². The van der Waals surface area contributed by atoms with Gasteiger partial charge in [-0.3, -0.25) is 4.79 Å². The Morgan fingerprint density at radius 1 is 1.44 bits per heavy atom. The molecule has 0 saturated heterocycles. The van der Waals surface area contributed by atoms with Crippen LogP contribution in [-0.2, 0) is 11.3 Å². The number of hydrogen-bond acceptors (Lipinski definition) is 3. The van der Waals surface area contributed by atoms with Crippen molar-refractivity contribution in [3.8, 4) is 5.75 Å². The second kappa shape index (κ2) is 8.31. The largest absolute Gasteiger partial charge is 0.496 e. The highest BCUT2D eigenvalue weighted by Crippen LogP contribution is 2.16. The minimum absolute atomic E-state index is 0.0300. The summed E-state index contributed by atoms with van der Waals surface area (Å²) in [6.45, 7) is 5.40. The third-order valence-electron chi connectivity index (χ3n) is 2.48. The number of carbonyl (C=O) groups excluding carboxylic acids is 1. The number of carbonyl (C=O) groups is 1. The summed E-state index contributed by atoms with van der Waals surface area (Å²) in [7, 11) is 1.65. The predicted molar refractivity (Wildman–Crippen MR) is 72.5 cm³/mol. The quantitative estimate of drug-likeness (QED) is 0.541. The smallest absolute Gasteiger partial charge is 0.221 e. The number of methoxy groups -OCH3 is 1. The molecular weight excluding hydrogens is 228 g/mol.